The summed E-state index contributed by atoms with van der Waals surface area (Å²) in [5.41, 5.74) is 0.871. The summed E-state index contributed by atoms with van der Waals surface area (Å²) in [6, 6.07) is 5.05. The van der Waals surface area contributed by atoms with E-state index in [2.05, 4.69) is 10.6 Å². The molecule has 2 unspecified atom stereocenters. The van der Waals surface area contributed by atoms with E-state index in [4.69, 9.17) is 27.9 Å². The first-order valence-corrected chi connectivity index (χ1v) is 7.19. The van der Waals surface area contributed by atoms with Crippen molar-refractivity contribution in [1.82, 2.24) is 10.6 Å². The first-order chi connectivity index (χ1) is 9.47. The molecule has 6 heteroatoms. The topological polar surface area (TPSA) is 50.4 Å². The lowest BCUT2D eigenvalue weighted by Gasteiger charge is -2.21. The van der Waals surface area contributed by atoms with Crippen LogP contribution in [-0.4, -0.2) is 32.2 Å². The normalized spacial score (nSPS) is 13.8. The number of hydrogen-bond donors (Lipinski definition) is 2. The van der Waals surface area contributed by atoms with Gasteiger partial charge >= 0.3 is 0 Å². The van der Waals surface area contributed by atoms with Gasteiger partial charge in [-0.3, -0.25) is 10.1 Å². The molecule has 4 nitrogen and oxygen atoms in total. The van der Waals surface area contributed by atoms with Crippen molar-refractivity contribution in [1.29, 1.82) is 0 Å². The lowest BCUT2D eigenvalue weighted by atomic mass is 10.1. The largest absolute Gasteiger partial charge is 0.383 e. The Morgan fingerprint density at radius 3 is 2.70 bits per heavy atom. The Morgan fingerprint density at radius 1 is 1.35 bits per heavy atom. The fourth-order valence-electron chi connectivity index (χ4n) is 1.82. The predicted molar refractivity (Wildman–Crippen MR) is 82.4 cm³/mol. The molecular weight excluding hydrogens is 299 g/mol. The van der Waals surface area contributed by atoms with Crippen molar-refractivity contribution in [2.75, 3.05) is 20.3 Å². The molecule has 1 amide bonds. The minimum atomic E-state index is -0.336. The molecule has 1 aromatic rings. The molecule has 0 aliphatic rings. The van der Waals surface area contributed by atoms with Gasteiger partial charge in [-0.1, -0.05) is 35.3 Å². The number of nitrogens with one attached hydrogen (secondary N) is 2. The number of rotatable bonds is 7. The fraction of sp³-hybridized carbons (Fsp3) is 0.500. The van der Waals surface area contributed by atoms with Crippen LogP contribution in [-0.2, 0) is 9.53 Å². The second-order valence-corrected chi connectivity index (χ2v) is 5.32. The van der Waals surface area contributed by atoms with Crippen LogP contribution in [0.1, 0.15) is 25.5 Å². The number of carbonyl (C=O) groups is 1. The van der Waals surface area contributed by atoms with Crippen LogP contribution in [0.2, 0.25) is 10.0 Å². The van der Waals surface area contributed by atoms with Crippen molar-refractivity contribution in [3.8, 4) is 0 Å². The third kappa shape index (κ3) is 4.94. The van der Waals surface area contributed by atoms with Gasteiger partial charge in [-0.05, 0) is 25.5 Å². The molecule has 0 aromatic heterocycles. The molecule has 0 bridgehead atoms. The van der Waals surface area contributed by atoms with E-state index in [0.717, 1.165) is 5.56 Å². The van der Waals surface area contributed by atoms with E-state index in [1.165, 1.54) is 0 Å². The van der Waals surface area contributed by atoms with Gasteiger partial charge in [0.25, 0.3) is 0 Å². The smallest absolute Gasteiger partial charge is 0.236 e. The molecule has 0 saturated heterocycles. The van der Waals surface area contributed by atoms with Crippen LogP contribution in [0, 0.1) is 0 Å². The standard InChI is InChI=1S/C14H20Cl2N2O2/c1-9(11-5-4-6-12(15)13(11)16)18-10(2)14(19)17-7-8-20-3/h4-6,9-10,18H,7-8H2,1-3H3,(H,17,19). The Balaban J connectivity index is 2.58. The van der Waals surface area contributed by atoms with E-state index < -0.39 is 0 Å². The molecule has 0 saturated carbocycles. The lowest BCUT2D eigenvalue weighted by molar-refractivity contribution is -0.123. The Bertz CT molecular complexity index is 455. The summed E-state index contributed by atoms with van der Waals surface area (Å²) >= 11 is 12.2. The molecule has 0 radical (unpaired) electrons. The van der Waals surface area contributed by atoms with Gasteiger partial charge in [-0.15, -0.1) is 0 Å². The van der Waals surface area contributed by atoms with Crippen molar-refractivity contribution in [3.63, 3.8) is 0 Å². The molecule has 0 aliphatic carbocycles. The quantitative estimate of drug-likeness (QED) is 0.760. The minimum Gasteiger partial charge on any atom is -0.383 e. The molecule has 0 heterocycles. The van der Waals surface area contributed by atoms with Crippen molar-refractivity contribution < 1.29 is 9.53 Å². The molecule has 0 spiro atoms. The zero-order valence-corrected chi connectivity index (χ0v) is 13.4. The molecule has 0 fully saturated rings. The Kier molecular flexibility index (Phi) is 7.30. The SMILES string of the molecule is COCCNC(=O)C(C)NC(C)c1cccc(Cl)c1Cl. The van der Waals surface area contributed by atoms with Gasteiger partial charge in [-0.2, -0.15) is 0 Å². The average molecular weight is 319 g/mol. The fourth-order valence-corrected chi connectivity index (χ4v) is 2.30. The van der Waals surface area contributed by atoms with Gasteiger partial charge in [0, 0.05) is 19.7 Å². The zero-order valence-electron chi connectivity index (χ0n) is 11.9. The second kappa shape index (κ2) is 8.47. The molecule has 2 N–H and O–H groups in total. The van der Waals surface area contributed by atoms with Crippen molar-refractivity contribution in [2.24, 2.45) is 0 Å². The summed E-state index contributed by atoms with van der Waals surface area (Å²) in [5.74, 6) is -0.0768. The van der Waals surface area contributed by atoms with Crippen LogP contribution in [0.25, 0.3) is 0 Å². The maximum atomic E-state index is 11.8. The van der Waals surface area contributed by atoms with E-state index in [9.17, 15) is 4.79 Å². The zero-order chi connectivity index (χ0) is 15.1. The van der Waals surface area contributed by atoms with Gasteiger partial charge in [0.1, 0.15) is 0 Å². The van der Waals surface area contributed by atoms with E-state index in [1.54, 1.807) is 20.1 Å². The molecular formula is C14H20Cl2N2O2. The molecule has 1 rings (SSSR count). The first kappa shape index (κ1) is 17.2. The summed E-state index contributed by atoms with van der Waals surface area (Å²) in [4.78, 5) is 11.8. The van der Waals surface area contributed by atoms with Crippen molar-refractivity contribution in [3.05, 3.63) is 33.8 Å². The van der Waals surface area contributed by atoms with E-state index >= 15 is 0 Å². The lowest BCUT2D eigenvalue weighted by Crippen LogP contribution is -2.44. The van der Waals surface area contributed by atoms with Gasteiger partial charge in [0.2, 0.25) is 5.91 Å². The number of carbonyl (C=O) groups excluding carboxylic acids is 1. The third-order valence-corrected chi connectivity index (χ3v) is 3.78. The number of ether oxygens (including phenoxy) is 1. The Hall–Kier alpha value is -0.810. The van der Waals surface area contributed by atoms with Crippen molar-refractivity contribution in [2.45, 2.75) is 25.9 Å². The Morgan fingerprint density at radius 2 is 2.05 bits per heavy atom. The van der Waals surface area contributed by atoms with E-state index in [-0.39, 0.29) is 18.0 Å². The highest BCUT2D eigenvalue weighted by Gasteiger charge is 2.18. The molecule has 2 atom stereocenters. The summed E-state index contributed by atoms with van der Waals surface area (Å²) < 4.78 is 4.88. The highest BCUT2D eigenvalue weighted by molar-refractivity contribution is 6.42. The number of benzene rings is 1. The average Bonchev–Trinajstić information content (AvgIpc) is 2.41. The van der Waals surface area contributed by atoms with Crippen LogP contribution in [0.5, 0.6) is 0 Å². The maximum absolute atomic E-state index is 11.8. The van der Waals surface area contributed by atoms with Crippen LogP contribution in [0.15, 0.2) is 18.2 Å². The van der Waals surface area contributed by atoms with E-state index in [0.29, 0.717) is 23.2 Å². The first-order valence-electron chi connectivity index (χ1n) is 6.44. The number of hydrogen-bond acceptors (Lipinski definition) is 3. The van der Waals surface area contributed by atoms with Crippen LogP contribution in [0.3, 0.4) is 0 Å². The monoisotopic (exact) mass is 318 g/mol. The summed E-state index contributed by atoms with van der Waals surface area (Å²) in [6.45, 7) is 4.73. The summed E-state index contributed by atoms with van der Waals surface area (Å²) in [6.07, 6.45) is 0. The van der Waals surface area contributed by atoms with Crippen LogP contribution >= 0.6 is 23.2 Å². The van der Waals surface area contributed by atoms with Gasteiger partial charge in [0.05, 0.1) is 22.7 Å². The van der Waals surface area contributed by atoms with Crippen LogP contribution < -0.4 is 10.6 Å². The molecule has 1 aromatic carbocycles. The maximum Gasteiger partial charge on any atom is 0.236 e. The summed E-state index contributed by atoms with van der Waals surface area (Å²) in [7, 11) is 1.59. The molecule has 112 valence electrons. The third-order valence-electron chi connectivity index (χ3n) is 2.95. The second-order valence-electron chi connectivity index (χ2n) is 4.54. The molecule has 20 heavy (non-hydrogen) atoms. The predicted octanol–water partition coefficient (Wildman–Crippen LogP) is 2.80. The minimum absolute atomic E-state index is 0.0768. The highest BCUT2D eigenvalue weighted by Crippen LogP contribution is 2.29. The highest BCUT2D eigenvalue weighted by atomic mass is 35.5. The Labute approximate surface area is 129 Å². The van der Waals surface area contributed by atoms with Gasteiger partial charge in [-0.25, -0.2) is 0 Å². The molecule has 0 aliphatic heterocycles. The van der Waals surface area contributed by atoms with Gasteiger partial charge < -0.3 is 10.1 Å². The van der Waals surface area contributed by atoms with E-state index in [1.807, 2.05) is 19.1 Å². The number of methoxy groups -OCH3 is 1. The summed E-state index contributed by atoms with van der Waals surface area (Å²) in [5, 5.41) is 7.00. The van der Waals surface area contributed by atoms with Crippen molar-refractivity contribution >= 4 is 29.1 Å². The van der Waals surface area contributed by atoms with Gasteiger partial charge in [0.15, 0.2) is 0 Å². The number of halogens is 2. The van der Waals surface area contributed by atoms with Crippen LogP contribution in [0.4, 0.5) is 0 Å². The number of amides is 1.